The van der Waals surface area contributed by atoms with Gasteiger partial charge in [0.05, 0.1) is 5.88 Å². The average Bonchev–Trinajstić information content (AvgIpc) is 3.04. The second kappa shape index (κ2) is 6.83. The van der Waals surface area contributed by atoms with Crippen molar-refractivity contribution in [3.8, 4) is 0 Å². The van der Waals surface area contributed by atoms with E-state index in [1.165, 1.54) is 21.7 Å². The van der Waals surface area contributed by atoms with Crippen LogP contribution in [0.4, 0.5) is 0 Å². The molecule has 0 bridgehead atoms. The molecular formula is C13H15BrClNO3S2. The lowest BCUT2D eigenvalue weighted by atomic mass is 10.4. The molecule has 0 aliphatic rings. The molecule has 2 aromatic heterocycles. The van der Waals surface area contributed by atoms with Crippen LogP contribution in [0, 0.1) is 0 Å². The highest BCUT2D eigenvalue weighted by Gasteiger charge is 2.31. The molecule has 0 radical (unpaired) electrons. The van der Waals surface area contributed by atoms with E-state index in [0.717, 1.165) is 4.88 Å². The van der Waals surface area contributed by atoms with Crippen LogP contribution in [0.1, 0.15) is 24.5 Å². The first kappa shape index (κ1) is 17.0. The van der Waals surface area contributed by atoms with E-state index in [0.29, 0.717) is 12.3 Å². The summed E-state index contributed by atoms with van der Waals surface area (Å²) in [7, 11) is -3.66. The lowest BCUT2D eigenvalue weighted by molar-refractivity contribution is 0.349. The second-order valence-corrected chi connectivity index (χ2v) is 8.59. The summed E-state index contributed by atoms with van der Waals surface area (Å²) in [5, 5.41) is 1.93. The Hall–Kier alpha value is -0.340. The molecule has 8 heteroatoms. The van der Waals surface area contributed by atoms with Crippen molar-refractivity contribution in [1.29, 1.82) is 0 Å². The highest BCUT2D eigenvalue weighted by Crippen LogP contribution is 2.31. The molecule has 0 unspecified atom stereocenters. The minimum Gasteiger partial charge on any atom is -0.452 e. The van der Waals surface area contributed by atoms with Gasteiger partial charge < -0.3 is 4.42 Å². The lowest BCUT2D eigenvalue weighted by Gasteiger charge is -2.24. The summed E-state index contributed by atoms with van der Waals surface area (Å²) in [5.41, 5.74) is 0. The van der Waals surface area contributed by atoms with Crippen LogP contribution in [0.15, 0.2) is 37.6 Å². The van der Waals surface area contributed by atoms with Crippen LogP contribution in [0.3, 0.4) is 0 Å². The Morgan fingerprint density at radius 2 is 2.19 bits per heavy atom. The monoisotopic (exact) mass is 411 g/mol. The fraction of sp³-hybridized carbons (Fsp3) is 0.385. The Morgan fingerprint density at radius 1 is 1.48 bits per heavy atom. The van der Waals surface area contributed by atoms with Crippen molar-refractivity contribution in [3.05, 3.63) is 38.9 Å². The van der Waals surface area contributed by atoms with Gasteiger partial charge in [0.15, 0.2) is 4.67 Å². The molecule has 0 spiro atoms. The van der Waals surface area contributed by atoms with E-state index in [1.54, 1.807) is 0 Å². The first-order chi connectivity index (χ1) is 9.86. The average molecular weight is 413 g/mol. The van der Waals surface area contributed by atoms with Crippen molar-refractivity contribution in [1.82, 2.24) is 4.31 Å². The number of thiophene rings is 1. The molecule has 0 aromatic carbocycles. The van der Waals surface area contributed by atoms with Gasteiger partial charge in [0.1, 0.15) is 10.7 Å². The molecule has 0 saturated carbocycles. The van der Waals surface area contributed by atoms with Crippen LogP contribution in [-0.2, 0) is 22.4 Å². The predicted octanol–water partition coefficient (Wildman–Crippen LogP) is 4.44. The summed E-state index contributed by atoms with van der Waals surface area (Å²) < 4.78 is 32.6. The maximum Gasteiger partial charge on any atom is 0.248 e. The van der Waals surface area contributed by atoms with Crippen LogP contribution in [-0.4, -0.2) is 18.8 Å². The van der Waals surface area contributed by atoms with Crippen LogP contribution in [0.5, 0.6) is 0 Å². The van der Waals surface area contributed by atoms with Gasteiger partial charge in [0.25, 0.3) is 0 Å². The van der Waals surface area contributed by atoms with E-state index in [4.69, 9.17) is 16.0 Å². The molecule has 0 saturated heterocycles. The Kier molecular flexibility index (Phi) is 5.54. The van der Waals surface area contributed by atoms with E-state index < -0.39 is 10.0 Å². The number of furan rings is 1. The quantitative estimate of drug-likeness (QED) is 0.659. The molecule has 0 amide bonds. The zero-order chi connectivity index (χ0) is 15.6. The predicted molar refractivity (Wildman–Crippen MR) is 88.1 cm³/mol. The number of hydrogen-bond donors (Lipinski definition) is 0. The Balaban J connectivity index is 2.39. The van der Waals surface area contributed by atoms with Crippen molar-refractivity contribution < 1.29 is 12.8 Å². The molecule has 2 heterocycles. The summed E-state index contributed by atoms with van der Waals surface area (Å²) in [6, 6.07) is 5.13. The molecule has 116 valence electrons. The van der Waals surface area contributed by atoms with Gasteiger partial charge in [-0.1, -0.05) is 6.07 Å². The van der Waals surface area contributed by atoms with Crippen molar-refractivity contribution >= 4 is 48.9 Å². The molecule has 0 atom stereocenters. The van der Waals surface area contributed by atoms with E-state index in [-0.39, 0.29) is 21.5 Å². The third kappa shape index (κ3) is 3.71. The summed E-state index contributed by atoms with van der Waals surface area (Å²) in [5.74, 6) is 0.544. The molecule has 0 aliphatic heterocycles. The molecule has 2 aromatic rings. The van der Waals surface area contributed by atoms with Crippen molar-refractivity contribution in [2.45, 2.75) is 37.2 Å². The summed E-state index contributed by atoms with van der Waals surface area (Å²) in [4.78, 5) is 1.10. The van der Waals surface area contributed by atoms with Gasteiger partial charge in [-0.25, -0.2) is 8.42 Å². The van der Waals surface area contributed by atoms with Gasteiger partial charge in [0.2, 0.25) is 10.0 Å². The maximum atomic E-state index is 12.8. The highest BCUT2D eigenvalue weighted by atomic mass is 79.9. The van der Waals surface area contributed by atoms with E-state index in [9.17, 15) is 8.42 Å². The first-order valence-electron chi connectivity index (χ1n) is 6.24. The van der Waals surface area contributed by atoms with E-state index in [2.05, 4.69) is 15.9 Å². The van der Waals surface area contributed by atoms with Crippen molar-refractivity contribution in [2.75, 3.05) is 0 Å². The number of sulfonamides is 1. The van der Waals surface area contributed by atoms with Gasteiger partial charge >= 0.3 is 0 Å². The SMILES string of the molecule is CC(C)N(Cc1cccs1)S(=O)(=O)c1cc(CCl)oc1Br. The van der Waals surface area contributed by atoms with Gasteiger partial charge in [-0.05, 0) is 41.2 Å². The lowest BCUT2D eigenvalue weighted by Crippen LogP contribution is -2.36. The van der Waals surface area contributed by atoms with E-state index >= 15 is 0 Å². The van der Waals surface area contributed by atoms with Crippen LogP contribution in [0.25, 0.3) is 0 Å². The molecule has 21 heavy (non-hydrogen) atoms. The molecule has 4 nitrogen and oxygen atoms in total. The molecule has 0 N–H and O–H groups in total. The second-order valence-electron chi connectivity index (χ2n) is 4.71. The fourth-order valence-electron chi connectivity index (χ4n) is 1.87. The Labute approximate surface area is 141 Å². The normalized spacial score (nSPS) is 12.5. The largest absolute Gasteiger partial charge is 0.452 e. The van der Waals surface area contributed by atoms with Gasteiger partial charge in [0, 0.05) is 23.5 Å². The maximum absolute atomic E-state index is 12.8. The zero-order valence-corrected chi connectivity index (χ0v) is 15.5. The highest BCUT2D eigenvalue weighted by molar-refractivity contribution is 9.10. The molecule has 2 rings (SSSR count). The zero-order valence-electron chi connectivity index (χ0n) is 11.5. The van der Waals surface area contributed by atoms with Crippen LogP contribution >= 0.6 is 38.9 Å². The first-order valence-corrected chi connectivity index (χ1v) is 9.89. The number of alkyl halides is 1. The number of halogens is 2. The summed E-state index contributed by atoms with van der Waals surface area (Å²) in [6.45, 7) is 4.04. The smallest absolute Gasteiger partial charge is 0.248 e. The topological polar surface area (TPSA) is 50.5 Å². The van der Waals surface area contributed by atoms with E-state index in [1.807, 2.05) is 31.4 Å². The van der Waals surface area contributed by atoms with Gasteiger partial charge in [-0.3, -0.25) is 0 Å². The van der Waals surface area contributed by atoms with Crippen LogP contribution in [0.2, 0.25) is 0 Å². The number of rotatable bonds is 6. The fourth-order valence-corrected chi connectivity index (χ4v) is 5.36. The number of nitrogens with zero attached hydrogens (tertiary/aromatic N) is 1. The Morgan fingerprint density at radius 3 is 2.67 bits per heavy atom. The minimum absolute atomic E-state index is 0.114. The van der Waals surface area contributed by atoms with Gasteiger partial charge in [-0.15, -0.1) is 22.9 Å². The summed E-state index contributed by atoms with van der Waals surface area (Å²) in [6.07, 6.45) is 0. The third-order valence-electron chi connectivity index (χ3n) is 2.89. The summed E-state index contributed by atoms with van der Waals surface area (Å²) >= 11 is 10.4. The van der Waals surface area contributed by atoms with Crippen molar-refractivity contribution in [2.24, 2.45) is 0 Å². The number of hydrogen-bond acceptors (Lipinski definition) is 4. The minimum atomic E-state index is -3.66. The van der Waals surface area contributed by atoms with Gasteiger partial charge in [-0.2, -0.15) is 4.31 Å². The Bertz CT molecular complexity index is 695. The van der Waals surface area contributed by atoms with Crippen LogP contribution < -0.4 is 0 Å². The standard InChI is InChI=1S/C13H15BrClNO3S2/c1-9(2)16(8-11-4-3-5-20-11)21(17,18)12-6-10(7-15)19-13(12)14/h3-6,9H,7-8H2,1-2H3. The molecule has 0 aliphatic carbocycles. The third-order valence-corrected chi connectivity index (χ3v) is 6.90. The molecular weight excluding hydrogens is 398 g/mol. The van der Waals surface area contributed by atoms with Crippen molar-refractivity contribution in [3.63, 3.8) is 0 Å². The molecule has 0 fully saturated rings.